The highest BCUT2D eigenvalue weighted by molar-refractivity contribution is 5.54. The van der Waals surface area contributed by atoms with Crippen LogP contribution in [-0.2, 0) is 0 Å². The number of anilines is 2. The molecule has 0 saturated carbocycles. The van der Waals surface area contributed by atoms with Crippen molar-refractivity contribution < 1.29 is 0 Å². The number of rotatable bonds is 10. The minimum atomic E-state index is 0.577. The summed E-state index contributed by atoms with van der Waals surface area (Å²) in [4.78, 5) is 4.31. The SMILES string of the molecule is CCCCC(CCC)Nc1cncc(NCCC)c1. The molecule has 1 aromatic heterocycles. The third-order valence-corrected chi connectivity index (χ3v) is 3.23. The number of aromatic nitrogens is 1. The molecule has 1 aromatic rings. The largest absolute Gasteiger partial charge is 0.384 e. The molecule has 3 heteroatoms. The summed E-state index contributed by atoms with van der Waals surface area (Å²) >= 11 is 0. The Hall–Kier alpha value is -1.25. The Balaban J connectivity index is 2.56. The van der Waals surface area contributed by atoms with Gasteiger partial charge in [0.2, 0.25) is 0 Å². The van der Waals surface area contributed by atoms with Crippen molar-refractivity contribution in [3.05, 3.63) is 18.5 Å². The Morgan fingerprint density at radius 2 is 1.79 bits per heavy atom. The Morgan fingerprint density at radius 1 is 1.00 bits per heavy atom. The van der Waals surface area contributed by atoms with Gasteiger partial charge >= 0.3 is 0 Å². The molecule has 0 fully saturated rings. The fourth-order valence-electron chi connectivity index (χ4n) is 2.21. The lowest BCUT2D eigenvalue weighted by molar-refractivity contribution is 0.564. The molecule has 0 bridgehead atoms. The van der Waals surface area contributed by atoms with Crippen LogP contribution in [0.2, 0.25) is 0 Å². The van der Waals surface area contributed by atoms with Crippen LogP contribution in [-0.4, -0.2) is 17.6 Å². The van der Waals surface area contributed by atoms with Gasteiger partial charge in [-0.3, -0.25) is 4.98 Å². The zero-order chi connectivity index (χ0) is 13.9. The minimum absolute atomic E-state index is 0.577. The Bertz CT molecular complexity index is 339. The molecule has 108 valence electrons. The predicted octanol–water partition coefficient (Wildman–Crippen LogP) is 4.67. The van der Waals surface area contributed by atoms with Crippen LogP contribution in [0.15, 0.2) is 18.5 Å². The molecule has 0 aromatic carbocycles. The van der Waals surface area contributed by atoms with E-state index in [4.69, 9.17) is 0 Å². The highest BCUT2D eigenvalue weighted by Crippen LogP contribution is 2.17. The zero-order valence-corrected chi connectivity index (χ0v) is 12.7. The van der Waals surface area contributed by atoms with Crippen LogP contribution in [0.25, 0.3) is 0 Å². The number of pyridine rings is 1. The summed E-state index contributed by atoms with van der Waals surface area (Å²) in [5.41, 5.74) is 2.24. The quantitative estimate of drug-likeness (QED) is 0.644. The lowest BCUT2D eigenvalue weighted by Crippen LogP contribution is -2.19. The first-order valence-corrected chi connectivity index (χ1v) is 7.75. The summed E-state index contributed by atoms with van der Waals surface area (Å²) in [6.45, 7) is 7.67. The van der Waals surface area contributed by atoms with Gasteiger partial charge in [-0.15, -0.1) is 0 Å². The van der Waals surface area contributed by atoms with Gasteiger partial charge in [-0.05, 0) is 25.3 Å². The molecule has 0 aliphatic rings. The molecule has 0 radical (unpaired) electrons. The van der Waals surface area contributed by atoms with Gasteiger partial charge in [-0.2, -0.15) is 0 Å². The molecule has 1 rings (SSSR count). The molecule has 0 spiro atoms. The number of unbranched alkanes of at least 4 members (excludes halogenated alkanes) is 1. The third kappa shape index (κ3) is 6.46. The summed E-state index contributed by atoms with van der Waals surface area (Å²) < 4.78 is 0. The molecule has 2 N–H and O–H groups in total. The molecule has 0 saturated heterocycles. The molecule has 19 heavy (non-hydrogen) atoms. The fraction of sp³-hybridized carbons (Fsp3) is 0.688. The van der Waals surface area contributed by atoms with Crippen LogP contribution in [0.5, 0.6) is 0 Å². The highest BCUT2D eigenvalue weighted by atomic mass is 14.9. The van der Waals surface area contributed by atoms with Crippen LogP contribution >= 0.6 is 0 Å². The topological polar surface area (TPSA) is 37.0 Å². The number of nitrogens with zero attached hydrogens (tertiary/aromatic N) is 1. The predicted molar refractivity (Wildman–Crippen MR) is 84.9 cm³/mol. The summed E-state index contributed by atoms with van der Waals surface area (Å²) in [6.07, 6.45) is 11.2. The first-order chi connectivity index (χ1) is 9.30. The molecule has 0 amide bonds. The highest BCUT2D eigenvalue weighted by Gasteiger charge is 2.07. The maximum absolute atomic E-state index is 4.31. The molecule has 3 nitrogen and oxygen atoms in total. The van der Waals surface area contributed by atoms with E-state index in [1.807, 2.05) is 12.4 Å². The average molecular weight is 263 g/mol. The average Bonchev–Trinajstić information content (AvgIpc) is 2.43. The summed E-state index contributed by atoms with van der Waals surface area (Å²) in [5.74, 6) is 0. The first kappa shape index (κ1) is 15.8. The fourth-order valence-corrected chi connectivity index (χ4v) is 2.21. The zero-order valence-electron chi connectivity index (χ0n) is 12.7. The molecule has 0 aliphatic heterocycles. The van der Waals surface area contributed by atoms with Crippen molar-refractivity contribution >= 4 is 11.4 Å². The second-order valence-electron chi connectivity index (χ2n) is 5.16. The summed E-state index contributed by atoms with van der Waals surface area (Å²) in [5, 5.41) is 7.01. The summed E-state index contributed by atoms with van der Waals surface area (Å²) in [6, 6.07) is 2.74. The van der Waals surface area contributed by atoms with Crippen molar-refractivity contribution in [1.82, 2.24) is 4.98 Å². The molecule has 1 atom stereocenters. The van der Waals surface area contributed by atoms with Gasteiger partial charge in [0, 0.05) is 12.6 Å². The van der Waals surface area contributed by atoms with E-state index in [0.717, 1.165) is 24.3 Å². The standard InChI is InChI=1S/C16H29N3/c1-4-7-9-14(8-5-2)19-16-11-15(12-17-13-16)18-10-6-3/h11-14,18-19H,4-10H2,1-3H3. The number of nitrogens with one attached hydrogen (secondary N) is 2. The summed E-state index contributed by atoms with van der Waals surface area (Å²) in [7, 11) is 0. The first-order valence-electron chi connectivity index (χ1n) is 7.75. The van der Waals surface area contributed by atoms with Crippen molar-refractivity contribution in [3.63, 3.8) is 0 Å². The van der Waals surface area contributed by atoms with Crippen LogP contribution in [0.3, 0.4) is 0 Å². The van der Waals surface area contributed by atoms with E-state index in [1.54, 1.807) is 0 Å². The maximum atomic E-state index is 4.31. The van der Waals surface area contributed by atoms with Gasteiger partial charge in [-0.25, -0.2) is 0 Å². The second-order valence-corrected chi connectivity index (χ2v) is 5.16. The molecular formula is C16H29N3. The van der Waals surface area contributed by atoms with Crippen molar-refractivity contribution in [2.45, 2.75) is 65.3 Å². The molecule has 1 heterocycles. The van der Waals surface area contributed by atoms with Gasteiger partial charge in [0.1, 0.15) is 0 Å². The molecule has 0 aliphatic carbocycles. The van der Waals surface area contributed by atoms with Crippen LogP contribution in [0.1, 0.15) is 59.3 Å². The van der Waals surface area contributed by atoms with E-state index in [9.17, 15) is 0 Å². The van der Waals surface area contributed by atoms with E-state index in [1.165, 1.54) is 32.1 Å². The van der Waals surface area contributed by atoms with E-state index in [0.29, 0.717) is 6.04 Å². The van der Waals surface area contributed by atoms with Crippen LogP contribution in [0, 0.1) is 0 Å². The number of hydrogen-bond donors (Lipinski definition) is 2. The lowest BCUT2D eigenvalue weighted by atomic mass is 10.0. The second kappa shape index (κ2) is 9.65. The van der Waals surface area contributed by atoms with E-state index >= 15 is 0 Å². The smallest absolute Gasteiger partial charge is 0.0549 e. The third-order valence-electron chi connectivity index (χ3n) is 3.23. The van der Waals surface area contributed by atoms with E-state index < -0.39 is 0 Å². The van der Waals surface area contributed by atoms with Crippen molar-refractivity contribution in [2.75, 3.05) is 17.2 Å². The monoisotopic (exact) mass is 263 g/mol. The van der Waals surface area contributed by atoms with Crippen LogP contribution < -0.4 is 10.6 Å². The van der Waals surface area contributed by atoms with Crippen molar-refractivity contribution in [1.29, 1.82) is 0 Å². The maximum Gasteiger partial charge on any atom is 0.0549 e. The van der Waals surface area contributed by atoms with Crippen molar-refractivity contribution in [2.24, 2.45) is 0 Å². The Morgan fingerprint density at radius 3 is 2.47 bits per heavy atom. The van der Waals surface area contributed by atoms with Gasteiger partial charge < -0.3 is 10.6 Å². The lowest BCUT2D eigenvalue weighted by Gasteiger charge is -2.19. The van der Waals surface area contributed by atoms with Gasteiger partial charge in [0.05, 0.1) is 23.8 Å². The number of hydrogen-bond acceptors (Lipinski definition) is 3. The minimum Gasteiger partial charge on any atom is -0.384 e. The Kier molecular flexibility index (Phi) is 8.03. The normalized spacial score (nSPS) is 12.2. The van der Waals surface area contributed by atoms with E-state index in [-0.39, 0.29) is 0 Å². The van der Waals surface area contributed by atoms with Gasteiger partial charge in [-0.1, -0.05) is 40.0 Å². The Labute approximate surface area is 118 Å². The van der Waals surface area contributed by atoms with Gasteiger partial charge in [0.15, 0.2) is 0 Å². The van der Waals surface area contributed by atoms with Gasteiger partial charge in [0.25, 0.3) is 0 Å². The van der Waals surface area contributed by atoms with Crippen LogP contribution in [0.4, 0.5) is 11.4 Å². The molecular weight excluding hydrogens is 234 g/mol. The molecule has 1 unspecified atom stereocenters. The van der Waals surface area contributed by atoms with Crippen molar-refractivity contribution in [3.8, 4) is 0 Å². The van der Waals surface area contributed by atoms with E-state index in [2.05, 4.69) is 42.5 Å².